The van der Waals surface area contributed by atoms with E-state index in [-0.39, 0.29) is 9.16 Å². The van der Waals surface area contributed by atoms with Crippen LogP contribution in [0.15, 0.2) is 10.2 Å². The van der Waals surface area contributed by atoms with Crippen LogP contribution in [0.2, 0.25) is 0 Å². The Kier molecular flexibility index (Phi) is 7.48. The molecule has 0 saturated carbocycles. The van der Waals surface area contributed by atoms with Crippen LogP contribution in [0, 0.1) is 0 Å². The van der Waals surface area contributed by atoms with Crippen molar-refractivity contribution >= 4 is 93.4 Å². The summed E-state index contributed by atoms with van der Waals surface area (Å²) in [7, 11) is -17.1. The van der Waals surface area contributed by atoms with E-state index >= 15 is 0 Å². The summed E-state index contributed by atoms with van der Waals surface area (Å²) in [5.41, 5.74) is 0. The highest BCUT2D eigenvalue weighted by atomic mass is 35.5. The fraction of sp³-hybridized carbons (Fsp3) is 0.333. The molecule has 142 valence electrons. The number of hydrogen-bond acceptors (Lipinski definition) is 8. The van der Waals surface area contributed by atoms with E-state index in [0.717, 1.165) is 0 Å². The zero-order valence-corrected chi connectivity index (χ0v) is 17.5. The maximum atomic E-state index is 12.3. The summed E-state index contributed by atoms with van der Waals surface area (Å²) < 4.78 is 38.8. The second-order valence-electron chi connectivity index (χ2n) is 3.60. The van der Waals surface area contributed by atoms with Crippen molar-refractivity contribution in [3.8, 4) is 0 Å². The smallest absolute Gasteiger partial charge is 0.321 e. The van der Waals surface area contributed by atoms with Crippen molar-refractivity contribution in [2.24, 2.45) is 0 Å². The summed E-state index contributed by atoms with van der Waals surface area (Å²) in [5.74, 6) is 0. The number of rotatable bonds is 5. The number of phosphoric acid groups is 2. The van der Waals surface area contributed by atoms with Crippen LogP contribution in [0.4, 0.5) is 0 Å². The van der Waals surface area contributed by atoms with Gasteiger partial charge in [0.05, 0.1) is 0 Å². The third kappa shape index (κ3) is 4.73. The van der Waals surface area contributed by atoms with Crippen molar-refractivity contribution in [2.45, 2.75) is 4.74 Å². The zero-order chi connectivity index (χ0) is 19.3. The fourth-order valence-electron chi connectivity index (χ4n) is 1.12. The molecule has 0 spiro atoms. The Morgan fingerprint density at radius 2 is 1.42 bits per heavy atom. The molecule has 3 atom stereocenters. The van der Waals surface area contributed by atoms with Gasteiger partial charge in [-0.1, -0.05) is 39.3 Å². The first-order valence-corrected chi connectivity index (χ1v) is 11.5. The summed E-state index contributed by atoms with van der Waals surface area (Å²) in [5, 5.41) is -1.75. The Bertz CT molecular complexity index is 699. The largest absolute Gasteiger partial charge is 0.488 e. The van der Waals surface area contributed by atoms with Crippen LogP contribution in [0.3, 0.4) is 0 Å². The maximum Gasteiger partial charge on any atom is 0.488 e. The highest BCUT2D eigenvalue weighted by Crippen LogP contribution is 2.75. The van der Waals surface area contributed by atoms with Gasteiger partial charge in [0.2, 0.25) is 0 Å². The van der Waals surface area contributed by atoms with Crippen molar-refractivity contribution in [1.29, 1.82) is 0 Å². The molecule has 1 aliphatic heterocycles. The molecule has 0 radical (unpaired) electrons. The molecule has 0 bridgehead atoms. The predicted octanol–water partition coefficient (Wildman–Crippen LogP) is 3.15. The lowest BCUT2D eigenvalue weighted by Gasteiger charge is -2.44. The lowest BCUT2D eigenvalue weighted by molar-refractivity contribution is 0.0100. The van der Waals surface area contributed by atoms with Gasteiger partial charge in [-0.15, -0.1) is 0 Å². The molecule has 1 rings (SSSR count). The zero-order valence-electron chi connectivity index (χ0n) is 10.3. The molecule has 24 heavy (non-hydrogen) atoms. The van der Waals surface area contributed by atoms with E-state index in [2.05, 4.69) is 8.62 Å². The van der Waals surface area contributed by atoms with Crippen molar-refractivity contribution in [1.82, 2.24) is 13.7 Å². The molecule has 12 nitrogen and oxygen atoms in total. The van der Waals surface area contributed by atoms with Crippen LogP contribution in [-0.2, 0) is 22.3 Å². The van der Waals surface area contributed by atoms with Gasteiger partial charge in [-0.05, 0) is 4.64 Å². The summed E-state index contributed by atoms with van der Waals surface area (Å²) in [6, 6.07) is 0. The Labute approximate surface area is 163 Å². The molecule has 0 fully saturated rings. The monoisotopic (exact) mass is 529 g/mol. The van der Waals surface area contributed by atoms with Crippen molar-refractivity contribution in [3.05, 3.63) is 10.2 Å². The van der Waals surface area contributed by atoms with Crippen LogP contribution in [0.5, 0.6) is 0 Å². The van der Waals surface area contributed by atoms with Crippen molar-refractivity contribution < 1.29 is 41.9 Å². The molecule has 3 unspecified atom stereocenters. The Morgan fingerprint density at radius 3 is 1.83 bits per heavy atom. The second kappa shape index (κ2) is 7.58. The normalized spacial score (nSPS) is 29.5. The van der Waals surface area contributed by atoms with Gasteiger partial charge in [-0.25, -0.2) is 13.4 Å². The summed E-state index contributed by atoms with van der Waals surface area (Å²) in [4.78, 5) is 36.0. The summed E-state index contributed by atoms with van der Waals surface area (Å²) >= 11 is 33.7. The predicted molar refractivity (Wildman–Crippen MR) is 84.3 cm³/mol. The number of alkyl halides is 1. The minimum atomic E-state index is -5.83. The van der Waals surface area contributed by atoms with E-state index in [1.54, 1.807) is 0 Å². The van der Waals surface area contributed by atoms with Crippen LogP contribution in [-0.4, -0.2) is 38.0 Å². The number of hydrazine groups is 2. The fourth-order valence-corrected chi connectivity index (χ4v) is 7.05. The maximum absolute atomic E-state index is 12.3. The number of nitrogens with zero attached hydrogens (tertiary/aromatic N) is 3. The lowest BCUT2D eigenvalue weighted by Crippen LogP contribution is -2.53. The molecule has 0 aliphatic carbocycles. The summed E-state index contributed by atoms with van der Waals surface area (Å²) in [6.07, 6.45) is 0. The molecule has 4 N–H and O–H groups in total. The molecular weight excluding hydrogens is 528 g/mol. The van der Waals surface area contributed by atoms with E-state index in [1.807, 2.05) is 0 Å². The second-order valence-corrected chi connectivity index (χ2v) is 11.0. The standard InChI is InChI=1S/C3H4Cl6N3O9P3/c4-1-2(5)10(7)12(9)11(8)3(1,6)22(13,14)20-24(18,19)21-23(15,16)17/h(H,13,14)(H,18,19)(H2,15,16,17). The SMILES string of the molecule is O=P(O)(O)OP(=O)(O)OP(=O)(O)C1(Cl)C(Cl)=C(Cl)N(Cl)N(Cl)N1Cl. The van der Waals surface area contributed by atoms with E-state index in [9.17, 15) is 23.5 Å². The molecule has 0 aromatic rings. The first-order valence-electron chi connectivity index (χ1n) is 4.72. The molecule has 0 aromatic carbocycles. The minimum Gasteiger partial charge on any atom is -0.321 e. The topological polar surface area (TPSA) is 160 Å². The van der Waals surface area contributed by atoms with Gasteiger partial charge in [-0.2, -0.15) is 8.84 Å². The highest BCUT2D eigenvalue weighted by Gasteiger charge is 2.64. The molecule has 0 saturated heterocycles. The van der Waals surface area contributed by atoms with Crippen LogP contribution < -0.4 is 0 Å². The van der Waals surface area contributed by atoms with Gasteiger partial charge >= 0.3 is 23.2 Å². The van der Waals surface area contributed by atoms with E-state index in [0.29, 0.717) is 4.53 Å². The van der Waals surface area contributed by atoms with E-state index < -0.39 is 38.2 Å². The van der Waals surface area contributed by atoms with E-state index in [4.69, 9.17) is 79.9 Å². The number of hydrogen-bond donors (Lipinski definition) is 4. The van der Waals surface area contributed by atoms with Crippen LogP contribution >= 0.6 is 93.4 Å². The molecule has 1 heterocycles. The van der Waals surface area contributed by atoms with Gasteiger partial charge in [0, 0.05) is 35.3 Å². The van der Waals surface area contributed by atoms with Gasteiger partial charge in [0.1, 0.15) is 5.03 Å². The van der Waals surface area contributed by atoms with Gasteiger partial charge in [-0.3, -0.25) is 4.57 Å². The average Bonchev–Trinajstić information content (AvgIpc) is 2.36. The quantitative estimate of drug-likeness (QED) is 0.178. The minimum absolute atomic E-state index is 0.0460. The highest BCUT2D eigenvalue weighted by molar-refractivity contribution is 7.69. The third-order valence-electron chi connectivity index (χ3n) is 1.95. The first-order chi connectivity index (χ1) is 10.5. The summed E-state index contributed by atoms with van der Waals surface area (Å²) in [6.45, 7) is 0. The Balaban J connectivity index is 3.37. The van der Waals surface area contributed by atoms with Crippen LogP contribution in [0.1, 0.15) is 0 Å². The third-order valence-corrected chi connectivity index (χ3v) is 10.1. The Morgan fingerprint density at radius 1 is 0.958 bits per heavy atom. The van der Waals surface area contributed by atoms with E-state index in [1.165, 1.54) is 0 Å². The van der Waals surface area contributed by atoms with Gasteiger partial charge in [0.15, 0.2) is 5.16 Å². The van der Waals surface area contributed by atoms with Crippen molar-refractivity contribution in [2.75, 3.05) is 0 Å². The van der Waals surface area contributed by atoms with Gasteiger partial charge < -0.3 is 19.6 Å². The molecule has 0 aromatic heterocycles. The molecule has 0 amide bonds. The Hall–Kier alpha value is 1.65. The first kappa shape index (κ1) is 23.7. The molecule has 21 heteroatoms. The molecule has 1 aliphatic rings. The number of halogens is 6. The molecular formula is C3H4Cl6N3O9P3. The lowest BCUT2D eigenvalue weighted by atomic mass is 10.5. The van der Waals surface area contributed by atoms with Gasteiger partial charge in [0.25, 0.3) is 4.74 Å². The average molecular weight is 532 g/mol. The van der Waals surface area contributed by atoms with Crippen LogP contribution in [0.25, 0.3) is 0 Å². The van der Waals surface area contributed by atoms with Crippen molar-refractivity contribution in [3.63, 3.8) is 0 Å².